The van der Waals surface area contributed by atoms with Crippen molar-refractivity contribution in [1.82, 2.24) is 0 Å². The number of carbonyl (C=O) groups is 1. The van der Waals surface area contributed by atoms with Crippen molar-refractivity contribution in [2.24, 2.45) is 17.4 Å². The molecule has 0 aliphatic heterocycles. The number of benzene rings is 1. The molecule has 4 N–H and O–H groups in total. The van der Waals surface area contributed by atoms with E-state index >= 15 is 0 Å². The van der Waals surface area contributed by atoms with Crippen LogP contribution in [0.2, 0.25) is 0 Å². The second-order valence-corrected chi connectivity index (χ2v) is 5.85. The zero-order valence-corrected chi connectivity index (χ0v) is 12.3. The number of rotatable bonds is 7. The molecule has 1 saturated carbocycles. The summed E-state index contributed by atoms with van der Waals surface area (Å²) < 4.78 is 5.68. The molecule has 0 aromatic heterocycles. The summed E-state index contributed by atoms with van der Waals surface area (Å²) in [4.78, 5) is 11.5. The highest BCUT2D eigenvalue weighted by Crippen LogP contribution is 2.38. The minimum Gasteiger partial charge on any atom is -0.491 e. The highest BCUT2D eigenvalue weighted by Gasteiger charge is 2.47. The van der Waals surface area contributed by atoms with Gasteiger partial charge in [-0.15, -0.1) is 0 Å². The van der Waals surface area contributed by atoms with Gasteiger partial charge in [0.1, 0.15) is 17.9 Å². The first-order chi connectivity index (χ1) is 9.47. The largest absolute Gasteiger partial charge is 0.491 e. The number of amides is 1. The first-order valence-electron chi connectivity index (χ1n) is 7.29. The lowest BCUT2D eigenvalue weighted by molar-refractivity contribution is -0.125. The van der Waals surface area contributed by atoms with E-state index < -0.39 is 11.4 Å². The molecule has 1 aliphatic carbocycles. The molecule has 1 fully saturated rings. The van der Waals surface area contributed by atoms with Crippen LogP contribution in [0.25, 0.3) is 0 Å². The molecule has 0 spiro atoms. The number of nitrogens with two attached hydrogens (primary N) is 2. The zero-order valence-electron chi connectivity index (χ0n) is 12.3. The van der Waals surface area contributed by atoms with Gasteiger partial charge in [0.25, 0.3) is 0 Å². The van der Waals surface area contributed by atoms with Crippen LogP contribution < -0.4 is 16.2 Å². The SMILES string of the molecule is CCC(C)c1ccc(OCC(N)(C(N)=O)C2CC2)cc1. The molecule has 0 bridgehead atoms. The first-order valence-corrected chi connectivity index (χ1v) is 7.29. The second-order valence-electron chi connectivity index (χ2n) is 5.85. The fraction of sp³-hybridized carbons (Fsp3) is 0.562. The van der Waals surface area contributed by atoms with E-state index in [9.17, 15) is 4.79 Å². The lowest BCUT2D eigenvalue weighted by Crippen LogP contribution is -2.58. The average Bonchev–Trinajstić information content (AvgIpc) is 3.29. The maximum atomic E-state index is 11.5. The van der Waals surface area contributed by atoms with Gasteiger partial charge in [-0.2, -0.15) is 0 Å². The molecule has 4 heteroatoms. The smallest absolute Gasteiger partial charge is 0.241 e. The Morgan fingerprint density at radius 3 is 2.45 bits per heavy atom. The van der Waals surface area contributed by atoms with Crippen molar-refractivity contribution >= 4 is 5.91 Å². The van der Waals surface area contributed by atoms with Crippen molar-refractivity contribution in [2.45, 2.75) is 44.6 Å². The fourth-order valence-corrected chi connectivity index (χ4v) is 2.32. The van der Waals surface area contributed by atoms with Crippen molar-refractivity contribution in [2.75, 3.05) is 6.61 Å². The highest BCUT2D eigenvalue weighted by molar-refractivity contribution is 5.85. The summed E-state index contributed by atoms with van der Waals surface area (Å²) in [5.74, 6) is 0.958. The van der Waals surface area contributed by atoms with Crippen LogP contribution in [0.4, 0.5) is 0 Å². The van der Waals surface area contributed by atoms with E-state index in [4.69, 9.17) is 16.2 Å². The van der Waals surface area contributed by atoms with Crippen LogP contribution >= 0.6 is 0 Å². The molecule has 2 rings (SSSR count). The third kappa shape index (κ3) is 3.12. The van der Waals surface area contributed by atoms with Gasteiger partial charge in [0, 0.05) is 0 Å². The summed E-state index contributed by atoms with van der Waals surface area (Å²) in [6.45, 7) is 4.51. The molecule has 1 aliphatic rings. The predicted molar refractivity (Wildman–Crippen MR) is 79.5 cm³/mol. The third-order valence-electron chi connectivity index (χ3n) is 4.30. The Morgan fingerprint density at radius 1 is 1.40 bits per heavy atom. The lowest BCUT2D eigenvalue weighted by atomic mass is 9.95. The van der Waals surface area contributed by atoms with E-state index in [0.29, 0.717) is 5.92 Å². The minimum absolute atomic E-state index is 0.148. The number of hydrogen-bond acceptors (Lipinski definition) is 3. The van der Waals surface area contributed by atoms with Crippen molar-refractivity contribution in [3.05, 3.63) is 29.8 Å². The molecular weight excluding hydrogens is 252 g/mol. The molecule has 20 heavy (non-hydrogen) atoms. The van der Waals surface area contributed by atoms with Crippen LogP contribution in [-0.2, 0) is 4.79 Å². The summed E-state index contributed by atoms with van der Waals surface area (Å²) in [6.07, 6.45) is 3.01. The summed E-state index contributed by atoms with van der Waals surface area (Å²) >= 11 is 0. The van der Waals surface area contributed by atoms with E-state index in [1.165, 1.54) is 5.56 Å². The molecule has 1 amide bonds. The van der Waals surface area contributed by atoms with Crippen molar-refractivity contribution in [1.29, 1.82) is 0 Å². The molecule has 110 valence electrons. The normalized spacial score (nSPS) is 19.1. The Balaban J connectivity index is 1.98. The van der Waals surface area contributed by atoms with Gasteiger partial charge in [-0.3, -0.25) is 4.79 Å². The van der Waals surface area contributed by atoms with Crippen molar-refractivity contribution in [3.8, 4) is 5.75 Å². The summed E-state index contributed by atoms with van der Waals surface area (Å²) in [5.41, 5.74) is 11.8. The Kier molecular flexibility index (Phi) is 4.33. The van der Waals surface area contributed by atoms with Crippen LogP contribution in [0.3, 0.4) is 0 Å². The van der Waals surface area contributed by atoms with E-state index in [2.05, 4.69) is 26.0 Å². The van der Waals surface area contributed by atoms with Crippen LogP contribution in [0.15, 0.2) is 24.3 Å². The third-order valence-corrected chi connectivity index (χ3v) is 4.30. The summed E-state index contributed by atoms with van der Waals surface area (Å²) in [5, 5.41) is 0. The molecule has 1 aromatic carbocycles. The fourth-order valence-electron chi connectivity index (χ4n) is 2.32. The van der Waals surface area contributed by atoms with E-state index in [1.54, 1.807) is 0 Å². The van der Waals surface area contributed by atoms with Gasteiger partial charge in [0.2, 0.25) is 5.91 Å². The molecule has 4 nitrogen and oxygen atoms in total. The molecule has 0 heterocycles. The van der Waals surface area contributed by atoms with Crippen LogP contribution in [0.5, 0.6) is 5.75 Å². The van der Waals surface area contributed by atoms with Crippen LogP contribution in [-0.4, -0.2) is 18.1 Å². The molecule has 1 aromatic rings. The van der Waals surface area contributed by atoms with Gasteiger partial charge in [0.05, 0.1) is 0 Å². The predicted octanol–water partition coefficient (Wildman–Crippen LogP) is 2.17. The van der Waals surface area contributed by atoms with Gasteiger partial charge in [0.15, 0.2) is 0 Å². The molecule has 2 unspecified atom stereocenters. The van der Waals surface area contributed by atoms with E-state index in [-0.39, 0.29) is 12.5 Å². The van der Waals surface area contributed by atoms with Crippen molar-refractivity contribution < 1.29 is 9.53 Å². The van der Waals surface area contributed by atoms with Gasteiger partial charge in [-0.05, 0) is 48.8 Å². The number of carbonyl (C=O) groups excluding carboxylic acids is 1. The van der Waals surface area contributed by atoms with Crippen LogP contribution in [0.1, 0.15) is 44.6 Å². The minimum atomic E-state index is -1.03. The maximum Gasteiger partial charge on any atom is 0.241 e. The molecule has 0 saturated heterocycles. The Hall–Kier alpha value is -1.55. The molecule has 0 radical (unpaired) electrons. The van der Waals surface area contributed by atoms with Gasteiger partial charge >= 0.3 is 0 Å². The zero-order chi connectivity index (χ0) is 14.8. The monoisotopic (exact) mass is 276 g/mol. The Bertz CT molecular complexity index is 468. The van der Waals surface area contributed by atoms with Gasteiger partial charge < -0.3 is 16.2 Å². The number of primary amides is 1. The average molecular weight is 276 g/mol. The topological polar surface area (TPSA) is 78.3 Å². The number of ether oxygens (including phenoxy) is 1. The van der Waals surface area contributed by atoms with Crippen LogP contribution in [0, 0.1) is 5.92 Å². The number of hydrogen-bond donors (Lipinski definition) is 2. The quantitative estimate of drug-likeness (QED) is 0.801. The van der Waals surface area contributed by atoms with Gasteiger partial charge in [-0.25, -0.2) is 0 Å². The first kappa shape index (κ1) is 14.9. The molecule has 2 atom stereocenters. The Morgan fingerprint density at radius 2 is 2.00 bits per heavy atom. The Labute approximate surface area is 120 Å². The summed E-state index contributed by atoms with van der Waals surface area (Å²) in [7, 11) is 0. The van der Waals surface area contributed by atoms with Crippen molar-refractivity contribution in [3.63, 3.8) is 0 Å². The second kappa shape index (κ2) is 5.83. The highest BCUT2D eigenvalue weighted by atomic mass is 16.5. The van der Waals surface area contributed by atoms with Gasteiger partial charge in [-0.1, -0.05) is 26.0 Å². The van der Waals surface area contributed by atoms with E-state index in [1.807, 2.05) is 12.1 Å². The summed E-state index contributed by atoms with van der Waals surface area (Å²) in [6, 6.07) is 7.97. The maximum absolute atomic E-state index is 11.5. The standard InChI is InChI=1S/C16H24N2O2/c1-3-11(2)12-4-8-14(9-5-12)20-10-16(18,15(17)19)13-6-7-13/h4-5,8-9,11,13H,3,6-7,10,18H2,1-2H3,(H2,17,19). The van der Waals surface area contributed by atoms with E-state index in [0.717, 1.165) is 25.0 Å². The lowest BCUT2D eigenvalue weighted by Gasteiger charge is -2.25. The molecular formula is C16H24N2O2.